The normalized spacial score (nSPS) is 17.5. The van der Waals surface area contributed by atoms with Crippen LogP contribution in [0.4, 0.5) is 4.39 Å². The third-order valence-corrected chi connectivity index (χ3v) is 4.54. The van der Waals surface area contributed by atoms with Gasteiger partial charge in [-0.1, -0.05) is 5.16 Å². The van der Waals surface area contributed by atoms with Crippen molar-refractivity contribution in [1.29, 1.82) is 0 Å². The van der Waals surface area contributed by atoms with Crippen LogP contribution in [-0.4, -0.2) is 44.0 Å². The topological polar surface area (TPSA) is 87.9 Å². The van der Waals surface area contributed by atoms with Crippen molar-refractivity contribution in [3.63, 3.8) is 0 Å². The number of halogens is 1. The van der Waals surface area contributed by atoms with Crippen molar-refractivity contribution in [1.82, 2.24) is 25.0 Å². The summed E-state index contributed by atoms with van der Waals surface area (Å²) in [5, 5.41) is 4.04. The van der Waals surface area contributed by atoms with E-state index in [0.29, 0.717) is 30.4 Å². The Kier molecular flexibility index (Phi) is 4.24. The smallest absolute Gasteiger partial charge is 0.254 e. The van der Waals surface area contributed by atoms with Gasteiger partial charge in [-0.3, -0.25) is 4.79 Å². The molecule has 3 aromatic rings. The van der Waals surface area contributed by atoms with E-state index >= 15 is 0 Å². The molecule has 0 bridgehead atoms. The molecule has 1 aliphatic heterocycles. The van der Waals surface area contributed by atoms with Gasteiger partial charge in [-0.2, -0.15) is 9.37 Å². The van der Waals surface area contributed by atoms with Gasteiger partial charge >= 0.3 is 0 Å². The highest BCUT2D eigenvalue weighted by Gasteiger charge is 2.29. The van der Waals surface area contributed by atoms with Crippen molar-refractivity contribution in [2.24, 2.45) is 0 Å². The van der Waals surface area contributed by atoms with Crippen LogP contribution < -0.4 is 0 Å². The Morgan fingerprint density at radius 1 is 1.42 bits per heavy atom. The highest BCUT2D eigenvalue weighted by atomic mass is 19.1. The summed E-state index contributed by atoms with van der Waals surface area (Å²) in [4.78, 5) is 25.4. The van der Waals surface area contributed by atoms with Crippen molar-refractivity contribution >= 4 is 5.91 Å². The predicted octanol–water partition coefficient (Wildman–Crippen LogP) is 2.93. The molecule has 0 spiro atoms. The number of aryl methyl sites for hydroxylation is 1. The fourth-order valence-corrected chi connectivity index (χ4v) is 3.22. The number of H-pyrrole nitrogens is 1. The summed E-state index contributed by atoms with van der Waals surface area (Å²) in [7, 11) is 0. The molecule has 0 aliphatic carbocycles. The largest absolute Gasteiger partial charge is 0.358 e. The summed E-state index contributed by atoms with van der Waals surface area (Å²) in [5.41, 5.74) is 2.19. The van der Waals surface area contributed by atoms with Crippen LogP contribution in [0.2, 0.25) is 0 Å². The van der Waals surface area contributed by atoms with E-state index in [9.17, 15) is 9.18 Å². The number of hydrogen-bond acceptors (Lipinski definition) is 5. The maximum absolute atomic E-state index is 13.3. The summed E-state index contributed by atoms with van der Waals surface area (Å²) in [6.45, 7) is 3.07. The van der Waals surface area contributed by atoms with E-state index in [1.807, 2.05) is 19.2 Å². The number of pyridine rings is 1. The van der Waals surface area contributed by atoms with Crippen LogP contribution in [0, 0.1) is 12.9 Å². The Hall–Kier alpha value is -3.03. The summed E-state index contributed by atoms with van der Waals surface area (Å²) in [5.74, 6) is 0.123. The average Bonchev–Trinajstić information content (AvgIpc) is 3.30. The number of amides is 1. The summed E-state index contributed by atoms with van der Waals surface area (Å²) >= 11 is 0. The molecule has 1 saturated heterocycles. The fraction of sp³-hybridized carbons (Fsp3) is 0.333. The molecule has 1 aliphatic rings. The second-order valence-corrected chi connectivity index (χ2v) is 6.50. The second kappa shape index (κ2) is 6.70. The summed E-state index contributed by atoms with van der Waals surface area (Å²) in [6, 6.07) is 4.63. The lowest BCUT2D eigenvalue weighted by Gasteiger charge is -2.31. The van der Waals surface area contributed by atoms with Gasteiger partial charge in [0.2, 0.25) is 17.7 Å². The standard InChI is InChI=1S/C18H18FN5O2/c1-11-7-14(21-9-11)16-22-17(26-23-16)13-3-2-6-24(10-13)18(25)12-4-5-20-15(19)8-12/h4-5,7-9,13,21H,2-3,6,10H2,1H3/t13-/m0/s1. The highest BCUT2D eigenvalue weighted by Crippen LogP contribution is 2.28. The Bertz CT molecular complexity index is 935. The van der Waals surface area contributed by atoms with Gasteiger partial charge in [-0.05, 0) is 37.5 Å². The van der Waals surface area contributed by atoms with E-state index < -0.39 is 5.95 Å². The molecule has 0 saturated carbocycles. The van der Waals surface area contributed by atoms with Crippen LogP contribution in [0.3, 0.4) is 0 Å². The Morgan fingerprint density at radius 3 is 3.08 bits per heavy atom. The molecular weight excluding hydrogens is 337 g/mol. The zero-order valence-electron chi connectivity index (χ0n) is 14.3. The Balaban J connectivity index is 1.50. The molecule has 1 fully saturated rings. The number of nitrogens with one attached hydrogen (secondary N) is 1. The molecule has 0 aromatic carbocycles. The number of aromatic amines is 1. The number of piperidine rings is 1. The van der Waals surface area contributed by atoms with E-state index in [2.05, 4.69) is 20.1 Å². The highest BCUT2D eigenvalue weighted by molar-refractivity contribution is 5.94. The molecule has 8 heteroatoms. The molecule has 1 atom stereocenters. The SMILES string of the molecule is Cc1c[nH]c(-c2noc([C@H]3CCCN(C(=O)c4ccnc(F)c4)C3)n2)c1. The van der Waals surface area contributed by atoms with Crippen LogP contribution in [0.1, 0.15) is 40.6 Å². The van der Waals surface area contributed by atoms with Crippen LogP contribution in [-0.2, 0) is 0 Å². The molecule has 134 valence electrons. The van der Waals surface area contributed by atoms with Gasteiger partial charge in [0.25, 0.3) is 5.91 Å². The number of hydrogen-bond donors (Lipinski definition) is 1. The van der Waals surface area contributed by atoms with Crippen LogP contribution in [0.5, 0.6) is 0 Å². The maximum Gasteiger partial charge on any atom is 0.254 e. The Labute approximate surface area is 149 Å². The molecule has 26 heavy (non-hydrogen) atoms. The number of aromatic nitrogens is 4. The fourth-order valence-electron chi connectivity index (χ4n) is 3.22. The van der Waals surface area contributed by atoms with Crippen molar-refractivity contribution < 1.29 is 13.7 Å². The van der Waals surface area contributed by atoms with Crippen LogP contribution >= 0.6 is 0 Å². The minimum atomic E-state index is -0.660. The summed E-state index contributed by atoms with van der Waals surface area (Å²) < 4.78 is 18.7. The zero-order chi connectivity index (χ0) is 18.1. The molecule has 3 aromatic heterocycles. The van der Waals surface area contributed by atoms with E-state index in [0.717, 1.165) is 30.2 Å². The van der Waals surface area contributed by atoms with Crippen molar-refractivity contribution in [3.05, 3.63) is 53.6 Å². The number of nitrogens with zero attached hydrogens (tertiary/aromatic N) is 4. The molecule has 7 nitrogen and oxygen atoms in total. The van der Waals surface area contributed by atoms with Crippen LogP contribution in [0.15, 0.2) is 35.1 Å². The first-order chi connectivity index (χ1) is 12.6. The zero-order valence-corrected chi connectivity index (χ0v) is 14.3. The van der Waals surface area contributed by atoms with Gasteiger partial charge in [-0.15, -0.1) is 0 Å². The first-order valence-corrected chi connectivity index (χ1v) is 8.50. The van der Waals surface area contributed by atoms with E-state index in [-0.39, 0.29) is 11.8 Å². The van der Waals surface area contributed by atoms with Crippen LogP contribution in [0.25, 0.3) is 11.5 Å². The molecular formula is C18H18FN5O2. The van der Waals surface area contributed by atoms with Gasteiger partial charge < -0.3 is 14.4 Å². The summed E-state index contributed by atoms with van der Waals surface area (Å²) in [6.07, 6.45) is 4.86. The molecule has 4 rings (SSSR count). The second-order valence-electron chi connectivity index (χ2n) is 6.50. The third kappa shape index (κ3) is 3.22. The first kappa shape index (κ1) is 16.4. The van der Waals surface area contributed by atoms with Crippen molar-refractivity contribution in [2.75, 3.05) is 13.1 Å². The molecule has 1 amide bonds. The first-order valence-electron chi connectivity index (χ1n) is 8.50. The van der Waals surface area contributed by atoms with Gasteiger partial charge in [0, 0.05) is 37.1 Å². The maximum atomic E-state index is 13.3. The van der Waals surface area contributed by atoms with Crippen molar-refractivity contribution in [2.45, 2.75) is 25.7 Å². The molecule has 0 unspecified atom stereocenters. The quantitative estimate of drug-likeness (QED) is 0.730. The number of carbonyl (C=O) groups is 1. The van der Waals surface area contributed by atoms with E-state index in [4.69, 9.17) is 4.52 Å². The lowest BCUT2D eigenvalue weighted by Crippen LogP contribution is -2.39. The van der Waals surface area contributed by atoms with Gasteiger partial charge in [0.15, 0.2) is 0 Å². The van der Waals surface area contributed by atoms with Crippen molar-refractivity contribution in [3.8, 4) is 11.5 Å². The lowest BCUT2D eigenvalue weighted by atomic mass is 9.97. The monoisotopic (exact) mass is 355 g/mol. The van der Waals surface area contributed by atoms with E-state index in [1.54, 1.807) is 4.90 Å². The molecule has 0 radical (unpaired) electrons. The third-order valence-electron chi connectivity index (χ3n) is 4.54. The average molecular weight is 355 g/mol. The van der Waals surface area contributed by atoms with Gasteiger partial charge in [-0.25, -0.2) is 4.98 Å². The minimum absolute atomic E-state index is 0.0308. The van der Waals surface area contributed by atoms with Gasteiger partial charge in [0.1, 0.15) is 0 Å². The number of rotatable bonds is 3. The van der Waals surface area contributed by atoms with Gasteiger partial charge in [0.05, 0.1) is 11.6 Å². The molecule has 4 heterocycles. The number of likely N-dealkylation sites (tertiary alicyclic amines) is 1. The Morgan fingerprint density at radius 2 is 2.31 bits per heavy atom. The number of carbonyl (C=O) groups excluding carboxylic acids is 1. The predicted molar refractivity (Wildman–Crippen MR) is 90.9 cm³/mol. The molecule has 1 N–H and O–H groups in total. The lowest BCUT2D eigenvalue weighted by molar-refractivity contribution is 0.0695. The van der Waals surface area contributed by atoms with E-state index in [1.165, 1.54) is 12.3 Å². The minimum Gasteiger partial charge on any atom is -0.358 e.